The van der Waals surface area contributed by atoms with Crippen LogP contribution in [0.3, 0.4) is 0 Å². The normalized spacial score (nSPS) is 29.3. The summed E-state index contributed by atoms with van der Waals surface area (Å²) in [6, 6.07) is 0. The van der Waals surface area contributed by atoms with Crippen molar-refractivity contribution < 1.29 is 48.0 Å². The van der Waals surface area contributed by atoms with E-state index in [4.69, 9.17) is 23.7 Å². The first-order valence-electron chi connectivity index (χ1n) is 7.10. The Morgan fingerprint density at radius 1 is 0.792 bits per heavy atom. The van der Waals surface area contributed by atoms with E-state index in [-0.39, 0.29) is 6.61 Å². The van der Waals surface area contributed by atoms with Gasteiger partial charge < -0.3 is 28.8 Å². The van der Waals surface area contributed by atoms with Crippen molar-refractivity contribution in [2.75, 3.05) is 6.61 Å². The van der Waals surface area contributed by atoms with Gasteiger partial charge in [0.15, 0.2) is 24.6 Å². The summed E-state index contributed by atoms with van der Waals surface area (Å²) in [5, 5.41) is 10.0. The summed E-state index contributed by atoms with van der Waals surface area (Å²) in [5.41, 5.74) is 0. The SMILES string of the molecule is CC(=O)OCC1O[C@@H](O)[C@@H](OC(C)=O)C(OC(C)=O)[C@H]1OC(C)=O. The van der Waals surface area contributed by atoms with E-state index < -0.39 is 54.6 Å². The maximum absolute atomic E-state index is 11.3. The zero-order valence-corrected chi connectivity index (χ0v) is 13.7. The van der Waals surface area contributed by atoms with Crippen LogP contribution in [0, 0.1) is 0 Å². The van der Waals surface area contributed by atoms with Gasteiger partial charge in [0, 0.05) is 27.7 Å². The third-order valence-electron chi connectivity index (χ3n) is 2.97. The molecule has 0 spiro atoms. The summed E-state index contributed by atoms with van der Waals surface area (Å²) >= 11 is 0. The molecule has 0 radical (unpaired) electrons. The van der Waals surface area contributed by atoms with Gasteiger partial charge in [-0.15, -0.1) is 0 Å². The molecular formula is C14H20O10. The minimum atomic E-state index is -1.68. The van der Waals surface area contributed by atoms with Gasteiger partial charge in [-0.05, 0) is 0 Å². The fourth-order valence-corrected chi connectivity index (χ4v) is 2.21. The summed E-state index contributed by atoms with van der Waals surface area (Å²) in [6.07, 6.45) is -6.79. The molecule has 10 nitrogen and oxygen atoms in total. The lowest BCUT2D eigenvalue weighted by Crippen LogP contribution is -2.62. The standard InChI is InChI=1S/C14H20O10/c1-6(15)20-5-10-11(21-7(2)16)12(22-8(3)17)13(14(19)24-10)23-9(4)18/h10-14,19H,5H2,1-4H3/t10?,11-,12?,13-,14+/m0/s1. The molecule has 2 unspecified atom stereocenters. The summed E-state index contributed by atoms with van der Waals surface area (Å²) in [4.78, 5) is 44.9. The molecule has 24 heavy (non-hydrogen) atoms. The molecule has 1 N–H and O–H groups in total. The van der Waals surface area contributed by atoms with Crippen molar-refractivity contribution in [1.29, 1.82) is 0 Å². The van der Waals surface area contributed by atoms with E-state index in [0.29, 0.717) is 0 Å². The molecule has 0 bridgehead atoms. The lowest BCUT2D eigenvalue weighted by atomic mass is 9.98. The van der Waals surface area contributed by atoms with Crippen LogP contribution in [0.5, 0.6) is 0 Å². The van der Waals surface area contributed by atoms with Crippen LogP contribution in [0.25, 0.3) is 0 Å². The lowest BCUT2D eigenvalue weighted by molar-refractivity contribution is -0.296. The summed E-state index contributed by atoms with van der Waals surface area (Å²) in [7, 11) is 0. The zero-order valence-electron chi connectivity index (χ0n) is 13.7. The van der Waals surface area contributed by atoms with E-state index in [1.165, 1.54) is 0 Å². The molecule has 1 aliphatic heterocycles. The highest BCUT2D eigenvalue weighted by Crippen LogP contribution is 2.28. The molecule has 0 saturated carbocycles. The fourth-order valence-electron chi connectivity index (χ4n) is 2.21. The average molecular weight is 348 g/mol. The highest BCUT2D eigenvalue weighted by Gasteiger charge is 2.51. The molecule has 0 aromatic rings. The molecule has 0 aliphatic carbocycles. The quantitative estimate of drug-likeness (QED) is 0.490. The van der Waals surface area contributed by atoms with E-state index in [1.54, 1.807) is 0 Å². The number of hydrogen-bond donors (Lipinski definition) is 1. The topological polar surface area (TPSA) is 135 Å². The van der Waals surface area contributed by atoms with Gasteiger partial charge in [0.1, 0.15) is 12.7 Å². The predicted molar refractivity (Wildman–Crippen MR) is 74.2 cm³/mol. The molecule has 0 aromatic carbocycles. The molecule has 0 amide bonds. The van der Waals surface area contributed by atoms with Gasteiger partial charge in [-0.2, -0.15) is 0 Å². The maximum atomic E-state index is 11.3. The first-order valence-corrected chi connectivity index (χ1v) is 7.10. The minimum absolute atomic E-state index is 0.366. The second kappa shape index (κ2) is 8.60. The van der Waals surface area contributed by atoms with Gasteiger partial charge in [-0.25, -0.2) is 0 Å². The lowest BCUT2D eigenvalue weighted by Gasteiger charge is -2.42. The first kappa shape index (κ1) is 19.8. The Kier molecular flexibility index (Phi) is 7.11. The van der Waals surface area contributed by atoms with E-state index in [0.717, 1.165) is 27.7 Å². The Morgan fingerprint density at radius 3 is 1.71 bits per heavy atom. The number of carbonyl (C=O) groups excluding carboxylic acids is 4. The maximum Gasteiger partial charge on any atom is 0.303 e. The van der Waals surface area contributed by atoms with Crippen molar-refractivity contribution in [2.45, 2.75) is 58.4 Å². The zero-order chi connectivity index (χ0) is 18.4. The Labute approximate surface area is 137 Å². The summed E-state index contributed by atoms with van der Waals surface area (Å²) in [5.74, 6) is -2.87. The summed E-state index contributed by atoms with van der Waals surface area (Å²) < 4.78 is 25.0. The van der Waals surface area contributed by atoms with Crippen LogP contribution >= 0.6 is 0 Å². The van der Waals surface area contributed by atoms with E-state index in [9.17, 15) is 24.3 Å². The van der Waals surface area contributed by atoms with Gasteiger partial charge in [0.25, 0.3) is 0 Å². The Morgan fingerprint density at radius 2 is 1.25 bits per heavy atom. The third kappa shape index (κ3) is 5.78. The Balaban J connectivity index is 3.11. The van der Waals surface area contributed by atoms with Crippen molar-refractivity contribution in [3.63, 3.8) is 0 Å². The van der Waals surface area contributed by atoms with Crippen molar-refractivity contribution >= 4 is 23.9 Å². The van der Waals surface area contributed by atoms with Crippen molar-refractivity contribution in [3.8, 4) is 0 Å². The van der Waals surface area contributed by atoms with Gasteiger partial charge in [-0.3, -0.25) is 19.2 Å². The summed E-state index contributed by atoms with van der Waals surface area (Å²) in [6.45, 7) is 4.09. The van der Waals surface area contributed by atoms with E-state index >= 15 is 0 Å². The van der Waals surface area contributed by atoms with Gasteiger partial charge in [0.05, 0.1) is 0 Å². The Hall–Kier alpha value is -2.20. The second-order valence-corrected chi connectivity index (χ2v) is 5.09. The first-order chi connectivity index (χ1) is 11.1. The van der Waals surface area contributed by atoms with Crippen LogP contribution in [-0.4, -0.2) is 66.3 Å². The van der Waals surface area contributed by atoms with Crippen LogP contribution in [-0.2, 0) is 42.9 Å². The predicted octanol–water partition coefficient (Wildman–Crippen LogP) is -0.938. The van der Waals surface area contributed by atoms with Crippen molar-refractivity contribution in [1.82, 2.24) is 0 Å². The smallest absolute Gasteiger partial charge is 0.303 e. The number of hydrogen-bond acceptors (Lipinski definition) is 10. The van der Waals surface area contributed by atoms with Crippen LogP contribution < -0.4 is 0 Å². The number of aliphatic hydroxyl groups excluding tert-OH is 1. The van der Waals surface area contributed by atoms with Gasteiger partial charge in [-0.1, -0.05) is 0 Å². The molecule has 1 rings (SSSR count). The number of esters is 4. The molecule has 1 saturated heterocycles. The fraction of sp³-hybridized carbons (Fsp3) is 0.714. The Bertz CT molecular complexity index is 502. The monoisotopic (exact) mass is 348 g/mol. The average Bonchev–Trinajstić information content (AvgIpc) is 2.42. The van der Waals surface area contributed by atoms with Crippen LogP contribution in [0.2, 0.25) is 0 Å². The van der Waals surface area contributed by atoms with Crippen LogP contribution in [0.4, 0.5) is 0 Å². The molecule has 1 fully saturated rings. The highest BCUT2D eigenvalue weighted by molar-refractivity contribution is 5.68. The van der Waals surface area contributed by atoms with Crippen molar-refractivity contribution in [3.05, 3.63) is 0 Å². The second-order valence-electron chi connectivity index (χ2n) is 5.09. The molecule has 0 aromatic heterocycles. The molecule has 136 valence electrons. The molecule has 5 atom stereocenters. The molecule has 10 heteroatoms. The minimum Gasteiger partial charge on any atom is -0.463 e. The van der Waals surface area contributed by atoms with E-state index in [1.807, 2.05) is 0 Å². The number of carbonyl (C=O) groups is 4. The third-order valence-corrected chi connectivity index (χ3v) is 2.97. The number of ether oxygens (including phenoxy) is 5. The number of rotatable bonds is 5. The largest absolute Gasteiger partial charge is 0.463 e. The number of aliphatic hydroxyl groups is 1. The van der Waals surface area contributed by atoms with Crippen LogP contribution in [0.1, 0.15) is 27.7 Å². The highest BCUT2D eigenvalue weighted by atomic mass is 16.7. The van der Waals surface area contributed by atoms with Crippen molar-refractivity contribution in [2.24, 2.45) is 0 Å². The van der Waals surface area contributed by atoms with E-state index in [2.05, 4.69) is 0 Å². The molecular weight excluding hydrogens is 328 g/mol. The van der Waals surface area contributed by atoms with Crippen LogP contribution in [0.15, 0.2) is 0 Å². The molecule has 1 heterocycles. The molecule has 1 aliphatic rings. The van der Waals surface area contributed by atoms with Gasteiger partial charge in [0.2, 0.25) is 0 Å². The van der Waals surface area contributed by atoms with Gasteiger partial charge >= 0.3 is 23.9 Å².